The molecule has 3 aromatic rings. The van der Waals surface area contributed by atoms with Crippen LogP contribution in [0.15, 0.2) is 29.1 Å². The van der Waals surface area contributed by atoms with Crippen molar-refractivity contribution in [3.63, 3.8) is 0 Å². The highest BCUT2D eigenvalue weighted by molar-refractivity contribution is 7.18. The quantitative estimate of drug-likeness (QED) is 0.638. The number of nitrogens with zero attached hydrogens (tertiary/aromatic N) is 2. The van der Waals surface area contributed by atoms with Gasteiger partial charge in [0.05, 0.1) is 31.6 Å². The molecule has 0 spiro atoms. The molecule has 5 nitrogen and oxygen atoms in total. The van der Waals surface area contributed by atoms with Gasteiger partial charge in [-0.2, -0.15) is 0 Å². The molecule has 1 aliphatic rings. The van der Waals surface area contributed by atoms with Gasteiger partial charge in [-0.05, 0) is 43.4 Å². The van der Waals surface area contributed by atoms with E-state index >= 15 is 0 Å². The molecule has 30 heavy (non-hydrogen) atoms. The van der Waals surface area contributed by atoms with Crippen molar-refractivity contribution in [3.05, 3.63) is 56.4 Å². The first-order valence-corrected chi connectivity index (χ1v) is 11.9. The Balaban J connectivity index is 1.47. The van der Waals surface area contributed by atoms with Crippen LogP contribution in [-0.4, -0.2) is 36.1 Å². The summed E-state index contributed by atoms with van der Waals surface area (Å²) in [4.78, 5) is 27.0. The average molecular weight is 426 g/mol. The zero-order valence-electron chi connectivity index (χ0n) is 18.5. The van der Waals surface area contributed by atoms with Crippen LogP contribution in [0.2, 0.25) is 0 Å². The number of para-hydroxylation sites is 1. The van der Waals surface area contributed by atoms with E-state index < -0.39 is 0 Å². The van der Waals surface area contributed by atoms with Crippen molar-refractivity contribution < 1.29 is 4.90 Å². The number of benzene rings is 1. The Hall–Kier alpha value is -2.18. The summed E-state index contributed by atoms with van der Waals surface area (Å²) in [6.45, 7) is 13.7. The van der Waals surface area contributed by atoms with E-state index in [4.69, 9.17) is 4.98 Å². The summed E-state index contributed by atoms with van der Waals surface area (Å²) >= 11 is 1.67. The van der Waals surface area contributed by atoms with Crippen molar-refractivity contribution in [2.24, 2.45) is 5.92 Å². The fourth-order valence-electron chi connectivity index (χ4n) is 4.44. The van der Waals surface area contributed by atoms with Gasteiger partial charge in [-0.15, -0.1) is 11.3 Å². The molecule has 0 amide bonds. The van der Waals surface area contributed by atoms with Crippen LogP contribution in [0, 0.1) is 19.8 Å². The Morgan fingerprint density at radius 1 is 1.23 bits per heavy atom. The smallest absolute Gasteiger partial charge is 0.260 e. The number of aryl methyl sites for hydroxylation is 2. The summed E-state index contributed by atoms with van der Waals surface area (Å²) in [6.07, 6.45) is 2.08. The second kappa shape index (κ2) is 8.90. The lowest BCUT2D eigenvalue weighted by Gasteiger charge is -2.34. The zero-order valence-corrected chi connectivity index (χ0v) is 19.4. The monoisotopic (exact) mass is 425 g/mol. The number of quaternary nitrogens is 1. The number of aromatic amines is 1. The normalized spacial score (nSPS) is 16.3. The molecule has 0 unspecified atom stereocenters. The molecule has 1 aromatic carbocycles. The molecule has 6 heteroatoms. The lowest BCUT2D eigenvalue weighted by Crippen LogP contribution is -3.13. The minimum absolute atomic E-state index is 0.0376. The molecule has 1 saturated heterocycles. The van der Waals surface area contributed by atoms with Gasteiger partial charge in [-0.25, -0.2) is 4.98 Å². The van der Waals surface area contributed by atoms with Crippen molar-refractivity contribution >= 4 is 27.2 Å². The highest BCUT2D eigenvalue weighted by atomic mass is 32.1. The SMILES string of the molecule is CC[C@H](C)Cc1c(C)sc2nc(C[NH+]3CCN(c4ccccc4C)CC3)[nH]c(=O)c12. The van der Waals surface area contributed by atoms with Crippen LogP contribution < -0.4 is 15.4 Å². The van der Waals surface area contributed by atoms with Gasteiger partial charge in [0, 0.05) is 10.6 Å². The largest absolute Gasteiger partial charge is 0.360 e. The molecule has 2 aromatic heterocycles. The third kappa shape index (κ3) is 4.30. The number of nitrogens with one attached hydrogen (secondary N) is 2. The van der Waals surface area contributed by atoms with E-state index in [1.165, 1.54) is 26.6 Å². The highest BCUT2D eigenvalue weighted by Gasteiger charge is 2.23. The van der Waals surface area contributed by atoms with Crippen LogP contribution in [0.25, 0.3) is 10.2 Å². The number of hydrogen-bond acceptors (Lipinski definition) is 4. The third-order valence-corrected chi connectivity index (χ3v) is 7.55. The topological polar surface area (TPSA) is 53.4 Å². The minimum Gasteiger partial charge on any atom is -0.360 e. The molecule has 0 saturated carbocycles. The Labute approximate surface area is 182 Å². The number of anilines is 1. The number of fused-ring (bicyclic) bond motifs is 1. The summed E-state index contributed by atoms with van der Waals surface area (Å²) in [6, 6.07) is 8.60. The number of rotatable bonds is 6. The van der Waals surface area contributed by atoms with Gasteiger partial charge in [0.15, 0.2) is 5.82 Å². The minimum atomic E-state index is 0.0376. The van der Waals surface area contributed by atoms with Crippen LogP contribution in [0.3, 0.4) is 0 Å². The second-order valence-electron chi connectivity index (χ2n) is 8.75. The van der Waals surface area contributed by atoms with Crippen LogP contribution >= 0.6 is 11.3 Å². The van der Waals surface area contributed by atoms with E-state index in [9.17, 15) is 4.79 Å². The van der Waals surface area contributed by atoms with Crippen LogP contribution in [0.5, 0.6) is 0 Å². The fraction of sp³-hybridized carbons (Fsp3) is 0.500. The van der Waals surface area contributed by atoms with Gasteiger partial charge in [0.25, 0.3) is 5.56 Å². The van der Waals surface area contributed by atoms with E-state index in [2.05, 4.69) is 61.8 Å². The van der Waals surface area contributed by atoms with Crippen LogP contribution in [-0.2, 0) is 13.0 Å². The zero-order chi connectivity index (χ0) is 21.3. The predicted octanol–water partition coefficient (Wildman–Crippen LogP) is 3.10. The molecule has 0 aliphatic carbocycles. The Morgan fingerprint density at radius 3 is 2.67 bits per heavy atom. The maximum Gasteiger partial charge on any atom is 0.260 e. The molecule has 4 rings (SSSR count). The molecular formula is C24H33N4OS+. The molecule has 1 aliphatic heterocycles. The summed E-state index contributed by atoms with van der Waals surface area (Å²) in [5.74, 6) is 1.40. The van der Waals surface area contributed by atoms with Gasteiger partial charge in [-0.3, -0.25) is 4.79 Å². The summed E-state index contributed by atoms with van der Waals surface area (Å²) in [7, 11) is 0. The second-order valence-corrected chi connectivity index (χ2v) is 9.95. The predicted molar refractivity (Wildman–Crippen MR) is 126 cm³/mol. The summed E-state index contributed by atoms with van der Waals surface area (Å²) in [5, 5.41) is 0.820. The molecule has 1 fully saturated rings. The number of hydrogen-bond donors (Lipinski definition) is 2. The Bertz CT molecular complexity index is 1080. The standard InChI is InChI=1S/C24H32N4OS/c1-5-16(2)14-19-18(4)30-24-22(19)23(29)25-21(26-24)15-27-10-12-28(13-11-27)20-9-7-6-8-17(20)3/h6-9,16H,5,10-15H2,1-4H3,(H,25,26,29)/p+1/t16-/m0/s1. The van der Waals surface area contributed by atoms with Gasteiger partial charge >= 0.3 is 0 Å². The molecule has 2 N–H and O–H groups in total. The van der Waals surface area contributed by atoms with Gasteiger partial charge in [0.2, 0.25) is 0 Å². The molecule has 1 atom stereocenters. The lowest BCUT2D eigenvalue weighted by molar-refractivity contribution is -0.915. The van der Waals surface area contributed by atoms with Gasteiger partial charge in [-0.1, -0.05) is 38.5 Å². The van der Waals surface area contributed by atoms with Crippen molar-refractivity contribution in [1.82, 2.24) is 9.97 Å². The van der Waals surface area contributed by atoms with E-state index in [0.717, 1.165) is 61.6 Å². The van der Waals surface area contributed by atoms with E-state index in [-0.39, 0.29) is 5.56 Å². The number of piperazine rings is 1. The molecule has 0 bridgehead atoms. The van der Waals surface area contributed by atoms with Gasteiger partial charge < -0.3 is 14.8 Å². The number of thiophene rings is 1. The van der Waals surface area contributed by atoms with Crippen molar-refractivity contribution in [1.29, 1.82) is 0 Å². The summed E-state index contributed by atoms with van der Waals surface area (Å²) in [5.41, 5.74) is 3.91. The first-order chi connectivity index (χ1) is 14.5. The molecule has 0 radical (unpaired) electrons. The Kier molecular flexibility index (Phi) is 6.25. The lowest BCUT2D eigenvalue weighted by atomic mass is 9.98. The van der Waals surface area contributed by atoms with Crippen molar-refractivity contribution in [2.45, 2.75) is 47.1 Å². The number of H-pyrrole nitrogens is 1. The van der Waals surface area contributed by atoms with E-state index in [1.807, 2.05) is 0 Å². The van der Waals surface area contributed by atoms with Crippen LogP contribution in [0.4, 0.5) is 5.69 Å². The highest BCUT2D eigenvalue weighted by Crippen LogP contribution is 2.29. The first kappa shape index (κ1) is 21.1. The van der Waals surface area contributed by atoms with Crippen molar-refractivity contribution in [3.8, 4) is 0 Å². The van der Waals surface area contributed by atoms with E-state index in [0.29, 0.717) is 5.92 Å². The molecular weight excluding hydrogens is 392 g/mol. The summed E-state index contributed by atoms with van der Waals surface area (Å²) < 4.78 is 0. The van der Waals surface area contributed by atoms with Crippen LogP contribution in [0.1, 0.15) is 42.1 Å². The average Bonchev–Trinajstić information content (AvgIpc) is 3.04. The maximum atomic E-state index is 12.9. The first-order valence-electron chi connectivity index (χ1n) is 11.1. The fourth-order valence-corrected chi connectivity index (χ4v) is 5.51. The van der Waals surface area contributed by atoms with Gasteiger partial charge in [0.1, 0.15) is 11.4 Å². The Morgan fingerprint density at radius 2 is 1.97 bits per heavy atom. The van der Waals surface area contributed by atoms with Crippen molar-refractivity contribution in [2.75, 3.05) is 31.1 Å². The number of aromatic nitrogens is 2. The van der Waals surface area contributed by atoms with E-state index in [1.54, 1.807) is 11.3 Å². The third-order valence-electron chi connectivity index (χ3n) is 6.51. The maximum absolute atomic E-state index is 12.9. The molecule has 3 heterocycles. The molecule has 160 valence electrons.